The first-order chi connectivity index (χ1) is 19.6. The maximum absolute atomic E-state index is 10.5. The summed E-state index contributed by atoms with van der Waals surface area (Å²) in [7, 11) is 1.94. The molecule has 0 saturated carbocycles. The van der Waals surface area contributed by atoms with E-state index in [-0.39, 0.29) is 6.61 Å². The Hall–Kier alpha value is -3.62. The molecule has 1 atom stereocenters. The first-order valence-corrected chi connectivity index (χ1v) is 14.7. The molecule has 1 N–H and O–H groups in total. The predicted molar refractivity (Wildman–Crippen MR) is 168 cm³/mol. The number of benzene rings is 3. The lowest BCUT2D eigenvalue weighted by molar-refractivity contribution is -0.0821. The van der Waals surface area contributed by atoms with Crippen LogP contribution in [0, 0.1) is 6.92 Å². The van der Waals surface area contributed by atoms with Crippen LogP contribution in [-0.2, 0) is 11.8 Å². The third-order valence-electron chi connectivity index (χ3n) is 7.10. The molecule has 3 aromatic carbocycles. The molecule has 0 bridgehead atoms. The fourth-order valence-corrected chi connectivity index (χ4v) is 6.54. The SMILES string of the molecule is Cc1cc2nc(-c3ccnc(-c4ccc5cnn(C)c5c4)c3)sc2c(-c2ccc(Cl)cc2)c1[C@@H](CO)OC(C)(C)C. The van der Waals surface area contributed by atoms with E-state index in [0.29, 0.717) is 5.02 Å². The number of ether oxygens (including phenoxy) is 1. The van der Waals surface area contributed by atoms with E-state index >= 15 is 0 Å². The van der Waals surface area contributed by atoms with Gasteiger partial charge >= 0.3 is 0 Å². The van der Waals surface area contributed by atoms with Gasteiger partial charge in [0.25, 0.3) is 0 Å². The maximum atomic E-state index is 10.5. The molecule has 6 rings (SSSR count). The smallest absolute Gasteiger partial charge is 0.124 e. The van der Waals surface area contributed by atoms with Crippen LogP contribution >= 0.6 is 22.9 Å². The minimum absolute atomic E-state index is 0.134. The number of aromatic nitrogens is 4. The molecular weight excluding hydrogens is 552 g/mol. The van der Waals surface area contributed by atoms with Crippen molar-refractivity contribution in [2.75, 3.05) is 6.61 Å². The highest BCUT2D eigenvalue weighted by Gasteiger charge is 2.27. The summed E-state index contributed by atoms with van der Waals surface area (Å²) in [6, 6.07) is 20.3. The number of aliphatic hydroxyl groups excluding tert-OH is 1. The highest BCUT2D eigenvalue weighted by Crippen LogP contribution is 2.44. The van der Waals surface area contributed by atoms with Gasteiger partial charge in [-0.1, -0.05) is 35.9 Å². The summed E-state index contributed by atoms with van der Waals surface area (Å²) in [5, 5.41) is 17.5. The fraction of sp³-hybridized carbons (Fsp3) is 0.242. The van der Waals surface area contributed by atoms with Crippen molar-refractivity contribution in [3.63, 3.8) is 0 Å². The number of hydrogen-bond donors (Lipinski definition) is 1. The van der Waals surface area contributed by atoms with Gasteiger partial charge in [-0.15, -0.1) is 11.3 Å². The molecule has 0 radical (unpaired) electrons. The number of hydrogen-bond acceptors (Lipinski definition) is 6. The monoisotopic (exact) mass is 582 g/mol. The summed E-state index contributed by atoms with van der Waals surface area (Å²) >= 11 is 7.90. The molecule has 0 spiro atoms. The predicted octanol–water partition coefficient (Wildman–Crippen LogP) is 8.39. The van der Waals surface area contributed by atoms with Crippen molar-refractivity contribution < 1.29 is 9.84 Å². The van der Waals surface area contributed by atoms with Crippen molar-refractivity contribution in [2.45, 2.75) is 39.4 Å². The fourth-order valence-electron chi connectivity index (χ4n) is 5.29. The highest BCUT2D eigenvalue weighted by atomic mass is 35.5. The molecule has 3 heterocycles. The van der Waals surface area contributed by atoms with Gasteiger partial charge in [-0.05, 0) is 80.8 Å². The van der Waals surface area contributed by atoms with Crippen LogP contribution in [0.1, 0.15) is 38.0 Å². The summed E-state index contributed by atoms with van der Waals surface area (Å²) in [5.74, 6) is 0. The maximum Gasteiger partial charge on any atom is 0.124 e. The molecule has 0 unspecified atom stereocenters. The normalized spacial score (nSPS) is 12.9. The van der Waals surface area contributed by atoms with Gasteiger partial charge in [-0.2, -0.15) is 5.10 Å². The molecule has 6 nitrogen and oxygen atoms in total. The molecular formula is C33H31ClN4O2S. The van der Waals surface area contributed by atoms with E-state index in [0.717, 1.165) is 65.2 Å². The van der Waals surface area contributed by atoms with Gasteiger partial charge in [0.1, 0.15) is 11.1 Å². The molecule has 0 aliphatic carbocycles. The number of rotatable bonds is 6. The second-order valence-electron chi connectivity index (χ2n) is 11.2. The van der Waals surface area contributed by atoms with Crippen molar-refractivity contribution in [3.05, 3.63) is 89.2 Å². The number of aryl methyl sites for hydroxylation is 2. The highest BCUT2D eigenvalue weighted by molar-refractivity contribution is 7.22. The summed E-state index contributed by atoms with van der Waals surface area (Å²) in [5.41, 5.74) is 8.41. The lowest BCUT2D eigenvalue weighted by Gasteiger charge is -2.29. The van der Waals surface area contributed by atoms with E-state index in [9.17, 15) is 5.11 Å². The Labute approximate surface area is 248 Å². The van der Waals surface area contributed by atoms with Crippen molar-refractivity contribution in [1.29, 1.82) is 0 Å². The van der Waals surface area contributed by atoms with Crippen LogP contribution in [-0.4, -0.2) is 37.1 Å². The van der Waals surface area contributed by atoms with E-state index in [1.165, 1.54) is 0 Å². The Morgan fingerprint density at radius 2 is 1.76 bits per heavy atom. The second kappa shape index (κ2) is 10.7. The van der Waals surface area contributed by atoms with Gasteiger partial charge in [0.15, 0.2) is 0 Å². The molecule has 0 aliphatic rings. The van der Waals surface area contributed by atoms with Crippen LogP contribution in [0.4, 0.5) is 0 Å². The minimum Gasteiger partial charge on any atom is -0.393 e. The van der Waals surface area contributed by atoms with Gasteiger partial charge < -0.3 is 9.84 Å². The van der Waals surface area contributed by atoms with Crippen molar-refractivity contribution >= 4 is 44.1 Å². The number of halogens is 1. The molecule has 41 heavy (non-hydrogen) atoms. The zero-order valence-electron chi connectivity index (χ0n) is 23.6. The topological polar surface area (TPSA) is 73.1 Å². The van der Waals surface area contributed by atoms with Gasteiger partial charge in [0.05, 0.1) is 39.8 Å². The Bertz CT molecular complexity index is 1890. The zero-order valence-corrected chi connectivity index (χ0v) is 25.2. The largest absolute Gasteiger partial charge is 0.393 e. The van der Waals surface area contributed by atoms with E-state index in [1.54, 1.807) is 11.3 Å². The first-order valence-electron chi connectivity index (χ1n) is 13.5. The minimum atomic E-state index is -0.495. The lowest BCUT2D eigenvalue weighted by atomic mass is 9.91. The molecule has 3 aromatic heterocycles. The van der Waals surface area contributed by atoms with Gasteiger partial charge in [-0.25, -0.2) is 4.98 Å². The molecule has 0 aliphatic heterocycles. The third kappa shape index (κ3) is 5.38. The van der Waals surface area contributed by atoms with Gasteiger partial charge in [0.2, 0.25) is 0 Å². The van der Waals surface area contributed by atoms with Crippen LogP contribution in [0.5, 0.6) is 0 Å². The molecule has 0 saturated heterocycles. The van der Waals surface area contributed by atoms with Gasteiger partial charge in [-0.3, -0.25) is 9.67 Å². The van der Waals surface area contributed by atoms with Gasteiger partial charge in [0, 0.05) is 40.3 Å². The molecule has 6 aromatic rings. The Kier molecular flexibility index (Phi) is 7.16. The van der Waals surface area contributed by atoms with Crippen molar-refractivity contribution in [3.8, 4) is 33.0 Å². The van der Waals surface area contributed by atoms with E-state index in [4.69, 9.17) is 21.3 Å². The summed E-state index contributed by atoms with van der Waals surface area (Å²) in [4.78, 5) is 9.76. The molecule has 208 valence electrons. The number of nitrogens with zero attached hydrogens (tertiary/aromatic N) is 4. The number of fused-ring (bicyclic) bond motifs is 2. The average molecular weight is 583 g/mol. The lowest BCUT2D eigenvalue weighted by Crippen LogP contribution is -2.25. The van der Waals surface area contributed by atoms with Crippen LogP contribution in [0.2, 0.25) is 5.02 Å². The summed E-state index contributed by atoms with van der Waals surface area (Å²) < 4.78 is 9.28. The number of aliphatic hydroxyl groups is 1. The van der Waals surface area contributed by atoms with Crippen LogP contribution < -0.4 is 0 Å². The molecule has 0 amide bonds. The van der Waals surface area contributed by atoms with Crippen LogP contribution in [0.25, 0.3) is 54.1 Å². The van der Waals surface area contributed by atoms with E-state index in [2.05, 4.69) is 47.3 Å². The van der Waals surface area contributed by atoms with Crippen LogP contribution in [0.3, 0.4) is 0 Å². The van der Waals surface area contributed by atoms with E-state index < -0.39 is 11.7 Å². The standard InChI is InChI=1S/C33H31ClN4O2S/c1-19-14-26-31(30(20-8-10-24(34)11-9-20)29(19)28(18-39)40-33(2,3)4)41-32(37-26)22-12-13-35-25(15-22)21-6-7-23-17-36-38(5)27(23)16-21/h6-17,28,39H,18H2,1-5H3/t28-/m1/s1. The number of thiazole rings is 1. The first kappa shape index (κ1) is 27.5. The third-order valence-corrected chi connectivity index (χ3v) is 8.49. The van der Waals surface area contributed by atoms with Crippen molar-refractivity contribution in [2.24, 2.45) is 7.05 Å². The molecule has 8 heteroatoms. The number of pyridine rings is 1. The van der Waals surface area contributed by atoms with Crippen LogP contribution in [0.15, 0.2) is 73.1 Å². The van der Waals surface area contributed by atoms with E-state index in [1.807, 2.05) is 75.2 Å². The Balaban J connectivity index is 1.52. The van der Waals surface area contributed by atoms with Crippen molar-refractivity contribution in [1.82, 2.24) is 19.7 Å². The average Bonchev–Trinajstić information content (AvgIpc) is 3.54. The summed E-state index contributed by atoms with van der Waals surface area (Å²) in [6.45, 7) is 7.93. The Morgan fingerprint density at radius 3 is 2.49 bits per heavy atom. The molecule has 0 fully saturated rings. The second-order valence-corrected chi connectivity index (χ2v) is 12.7. The zero-order chi connectivity index (χ0) is 28.9. The quantitative estimate of drug-likeness (QED) is 0.213. The Morgan fingerprint density at radius 1 is 1.00 bits per heavy atom. The summed E-state index contributed by atoms with van der Waals surface area (Å²) in [6.07, 6.45) is 3.21.